The second-order valence-corrected chi connectivity index (χ2v) is 6.58. The van der Waals surface area contributed by atoms with Crippen LogP contribution in [-0.2, 0) is 10.0 Å². The summed E-state index contributed by atoms with van der Waals surface area (Å²) >= 11 is 0. The summed E-state index contributed by atoms with van der Waals surface area (Å²) in [6.45, 7) is 1.22. The standard InChI is InChI=1S/C9H18N2O3S/c10-3-4-15(13,14)11-5-7-1-2-9(12)8(7)6-11/h7-9,12H,1-6,10H2. The Morgan fingerprint density at radius 3 is 2.67 bits per heavy atom. The predicted octanol–water partition coefficient (Wildman–Crippen LogP) is -1.02. The van der Waals surface area contributed by atoms with Crippen LogP contribution < -0.4 is 5.73 Å². The van der Waals surface area contributed by atoms with Crippen molar-refractivity contribution in [3.63, 3.8) is 0 Å². The van der Waals surface area contributed by atoms with E-state index in [-0.39, 0.29) is 24.3 Å². The van der Waals surface area contributed by atoms with Crippen LogP contribution in [-0.4, -0.2) is 49.3 Å². The number of aliphatic hydroxyl groups excluding tert-OH is 1. The van der Waals surface area contributed by atoms with Gasteiger partial charge in [0.15, 0.2) is 0 Å². The Morgan fingerprint density at radius 2 is 2.07 bits per heavy atom. The van der Waals surface area contributed by atoms with Gasteiger partial charge in [0.2, 0.25) is 10.0 Å². The van der Waals surface area contributed by atoms with Crippen LogP contribution in [0, 0.1) is 11.8 Å². The molecule has 0 aromatic heterocycles. The molecule has 2 fully saturated rings. The van der Waals surface area contributed by atoms with Gasteiger partial charge < -0.3 is 10.8 Å². The lowest BCUT2D eigenvalue weighted by atomic mass is 10.00. The average Bonchev–Trinajstić information content (AvgIpc) is 2.69. The summed E-state index contributed by atoms with van der Waals surface area (Å²) in [4.78, 5) is 0. The van der Waals surface area contributed by atoms with Crippen LogP contribution in [0.25, 0.3) is 0 Å². The number of hydrogen-bond acceptors (Lipinski definition) is 4. The topological polar surface area (TPSA) is 83.6 Å². The molecule has 6 heteroatoms. The van der Waals surface area contributed by atoms with Crippen molar-refractivity contribution < 1.29 is 13.5 Å². The Hall–Kier alpha value is -0.170. The van der Waals surface area contributed by atoms with E-state index in [2.05, 4.69) is 0 Å². The number of rotatable bonds is 3. The summed E-state index contributed by atoms with van der Waals surface area (Å²) in [5, 5.41) is 9.67. The van der Waals surface area contributed by atoms with E-state index < -0.39 is 10.0 Å². The zero-order valence-electron chi connectivity index (χ0n) is 8.67. The predicted molar refractivity (Wildman–Crippen MR) is 56.6 cm³/mol. The Kier molecular flexibility index (Phi) is 3.03. The van der Waals surface area contributed by atoms with E-state index in [0.29, 0.717) is 19.0 Å². The maximum Gasteiger partial charge on any atom is 0.215 e. The molecule has 15 heavy (non-hydrogen) atoms. The van der Waals surface area contributed by atoms with Crippen molar-refractivity contribution >= 4 is 10.0 Å². The van der Waals surface area contributed by atoms with Crippen LogP contribution in [0.2, 0.25) is 0 Å². The first-order chi connectivity index (χ1) is 7.04. The third-order valence-corrected chi connectivity index (χ3v) is 5.39. The molecular formula is C9H18N2O3S. The molecule has 1 aliphatic heterocycles. The fourth-order valence-corrected chi connectivity index (χ4v) is 4.07. The van der Waals surface area contributed by atoms with Crippen LogP contribution in [0.15, 0.2) is 0 Å². The molecule has 3 atom stereocenters. The summed E-state index contributed by atoms with van der Waals surface area (Å²) in [6.07, 6.45) is 1.45. The molecule has 0 bridgehead atoms. The van der Waals surface area contributed by atoms with Crippen molar-refractivity contribution in [2.24, 2.45) is 17.6 Å². The molecule has 5 nitrogen and oxygen atoms in total. The number of sulfonamides is 1. The molecule has 3 unspecified atom stereocenters. The molecule has 88 valence electrons. The number of nitrogens with two attached hydrogens (primary N) is 1. The highest BCUT2D eigenvalue weighted by atomic mass is 32.2. The van der Waals surface area contributed by atoms with E-state index in [4.69, 9.17) is 5.73 Å². The van der Waals surface area contributed by atoms with Gasteiger partial charge in [0.1, 0.15) is 0 Å². The minimum Gasteiger partial charge on any atom is -0.393 e. The van der Waals surface area contributed by atoms with Gasteiger partial charge in [-0.05, 0) is 18.8 Å². The monoisotopic (exact) mass is 234 g/mol. The van der Waals surface area contributed by atoms with Crippen molar-refractivity contribution in [1.29, 1.82) is 0 Å². The maximum absolute atomic E-state index is 11.7. The first-order valence-corrected chi connectivity index (χ1v) is 7.01. The Morgan fingerprint density at radius 1 is 1.33 bits per heavy atom. The maximum atomic E-state index is 11.7. The van der Waals surface area contributed by atoms with Gasteiger partial charge in [-0.1, -0.05) is 0 Å². The van der Waals surface area contributed by atoms with E-state index in [1.54, 1.807) is 0 Å². The molecule has 2 aliphatic rings. The molecule has 0 spiro atoms. The zero-order chi connectivity index (χ0) is 11.1. The van der Waals surface area contributed by atoms with Gasteiger partial charge >= 0.3 is 0 Å². The van der Waals surface area contributed by atoms with E-state index in [0.717, 1.165) is 12.8 Å². The highest BCUT2D eigenvalue weighted by Gasteiger charge is 2.44. The van der Waals surface area contributed by atoms with Gasteiger partial charge in [0.25, 0.3) is 0 Å². The van der Waals surface area contributed by atoms with E-state index in [1.165, 1.54) is 4.31 Å². The van der Waals surface area contributed by atoms with Crippen molar-refractivity contribution in [1.82, 2.24) is 4.31 Å². The lowest BCUT2D eigenvalue weighted by Crippen LogP contribution is -2.35. The van der Waals surface area contributed by atoms with Gasteiger partial charge in [-0.2, -0.15) is 0 Å². The molecule has 0 aromatic carbocycles. The minimum atomic E-state index is -3.18. The minimum absolute atomic E-state index is 0.0164. The smallest absolute Gasteiger partial charge is 0.215 e. The van der Waals surface area contributed by atoms with Gasteiger partial charge in [-0.15, -0.1) is 0 Å². The second kappa shape index (κ2) is 4.01. The molecular weight excluding hydrogens is 216 g/mol. The van der Waals surface area contributed by atoms with Gasteiger partial charge in [0.05, 0.1) is 11.9 Å². The molecule has 1 saturated heterocycles. The molecule has 0 amide bonds. The first kappa shape index (κ1) is 11.3. The number of fused-ring (bicyclic) bond motifs is 1. The van der Waals surface area contributed by atoms with Gasteiger partial charge in [0, 0.05) is 25.6 Å². The summed E-state index contributed by atoms with van der Waals surface area (Å²) < 4.78 is 25.0. The third kappa shape index (κ3) is 2.04. The fraction of sp³-hybridized carbons (Fsp3) is 1.00. The van der Waals surface area contributed by atoms with Crippen LogP contribution in [0.1, 0.15) is 12.8 Å². The highest BCUT2D eigenvalue weighted by Crippen LogP contribution is 2.38. The van der Waals surface area contributed by atoms with Gasteiger partial charge in [-0.25, -0.2) is 12.7 Å². The third-order valence-electron chi connectivity index (χ3n) is 3.55. The molecule has 0 aromatic rings. The lowest BCUT2D eigenvalue weighted by Gasteiger charge is -2.17. The zero-order valence-corrected chi connectivity index (χ0v) is 9.49. The van der Waals surface area contributed by atoms with E-state index in [1.807, 2.05) is 0 Å². The SMILES string of the molecule is NCCS(=O)(=O)N1CC2CCC(O)C2C1. The van der Waals surface area contributed by atoms with E-state index in [9.17, 15) is 13.5 Å². The number of nitrogens with zero attached hydrogens (tertiary/aromatic N) is 1. The Balaban J connectivity index is 2.05. The Bertz CT molecular complexity index is 330. The summed E-state index contributed by atoms with van der Waals surface area (Å²) in [7, 11) is -3.18. The molecule has 2 rings (SSSR count). The largest absolute Gasteiger partial charge is 0.393 e. The first-order valence-electron chi connectivity index (χ1n) is 5.40. The summed E-state index contributed by atoms with van der Waals surface area (Å²) in [5.74, 6) is 0.521. The molecule has 0 radical (unpaired) electrons. The van der Waals surface area contributed by atoms with Crippen LogP contribution in [0.5, 0.6) is 0 Å². The molecule has 1 heterocycles. The van der Waals surface area contributed by atoms with Gasteiger partial charge in [-0.3, -0.25) is 0 Å². The van der Waals surface area contributed by atoms with Crippen LogP contribution >= 0.6 is 0 Å². The molecule has 3 N–H and O–H groups in total. The van der Waals surface area contributed by atoms with E-state index >= 15 is 0 Å². The van der Waals surface area contributed by atoms with Crippen LogP contribution in [0.4, 0.5) is 0 Å². The number of hydrogen-bond donors (Lipinski definition) is 2. The lowest BCUT2D eigenvalue weighted by molar-refractivity contribution is 0.129. The van der Waals surface area contributed by atoms with Crippen molar-refractivity contribution in [2.75, 3.05) is 25.4 Å². The quantitative estimate of drug-likeness (QED) is 0.654. The molecule has 1 aliphatic carbocycles. The normalized spacial score (nSPS) is 37.1. The van der Waals surface area contributed by atoms with Crippen molar-refractivity contribution in [3.8, 4) is 0 Å². The second-order valence-electron chi connectivity index (χ2n) is 4.49. The van der Waals surface area contributed by atoms with Crippen LogP contribution in [0.3, 0.4) is 0 Å². The number of aliphatic hydroxyl groups is 1. The molecule has 1 saturated carbocycles. The average molecular weight is 234 g/mol. The highest BCUT2D eigenvalue weighted by molar-refractivity contribution is 7.89. The van der Waals surface area contributed by atoms with Crippen molar-refractivity contribution in [3.05, 3.63) is 0 Å². The summed E-state index contributed by atoms with van der Waals surface area (Å²) in [6, 6.07) is 0. The fourth-order valence-electron chi connectivity index (χ4n) is 2.70. The Labute approximate surface area is 90.3 Å². The van der Waals surface area contributed by atoms with Crippen molar-refractivity contribution in [2.45, 2.75) is 18.9 Å². The summed E-state index contributed by atoms with van der Waals surface area (Å²) in [5.41, 5.74) is 5.27.